The molecule has 0 aromatic heterocycles. The van der Waals surface area contributed by atoms with Gasteiger partial charge < -0.3 is 15.3 Å². The van der Waals surface area contributed by atoms with Crippen molar-refractivity contribution in [2.45, 2.75) is 13.0 Å². The molecule has 0 radical (unpaired) electrons. The molecular formula is C9H16N2O3. The smallest absolute Gasteiger partial charge is 0.326 e. The molecule has 5 heteroatoms. The Bertz CT molecular complexity index is 228. The van der Waals surface area contributed by atoms with Gasteiger partial charge in [0.05, 0.1) is 6.54 Å². The van der Waals surface area contributed by atoms with Gasteiger partial charge in [-0.1, -0.05) is 6.08 Å². The number of hydrogen-bond acceptors (Lipinski definition) is 3. The van der Waals surface area contributed by atoms with Crippen LogP contribution in [0.4, 0.5) is 0 Å². The zero-order valence-corrected chi connectivity index (χ0v) is 8.49. The van der Waals surface area contributed by atoms with E-state index in [0.29, 0.717) is 6.54 Å². The molecule has 0 spiro atoms. The van der Waals surface area contributed by atoms with Crippen molar-refractivity contribution < 1.29 is 14.7 Å². The number of nitrogens with zero attached hydrogens (tertiary/aromatic N) is 1. The summed E-state index contributed by atoms with van der Waals surface area (Å²) in [6.45, 7) is 5.60. The third-order valence-corrected chi connectivity index (χ3v) is 1.90. The fourth-order valence-electron chi connectivity index (χ4n) is 0.788. The normalized spacial score (nSPS) is 11.9. The lowest BCUT2D eigenvalue weighted by Gasteiger charge is -2.21. The van der Waals surface area contributed by atoms with Crippen molar-refractivity contribution in [3.05, 3.63) is 12.7 Å². The molecule has 80 valence electrons. The van der Waals surface area contributed by atoms with E-state index in [1.54, 1.807) is 6.08 Å². The largest absolute Gasteiger partial charge is 0.480 e. The molecule has 14 heavy (non-hydrogen) atoms. The van der Waals surface area contributed by atoms with Crippen molar-refractivity contribution in [1.29, 1.82) is 0 Å². The first-order valence-electron chi connectivity index (χ1n) is 4.30. The van der Waals surface area contributed by atoms with Crippen LogP contribution in [0.25, 0.3) is 0 Å². The van der Waals surface area contributed by atoms with Crippen LogP contribution >= 0.6 is 0 Å². The number of carbonyl (C=O) groups is 2. The molecule has 0 fully saturated rings. The van der Waals surface area contributed by atoms with E-state index in [0.717, 1.165) is 0 Å². The number of rotatable bonds is 6. The van der Waals surface area contributed by atoms with Gasteiger partial charge in [-0.15, -0.1) is 6.58 Å². The van der Waals surface area contributed by atoms with Gasteiger partial charge in [-0.05, 0) is 6.92 Å². The molecule has 0 rings (SSSR count). The Morgan fingerprint density at radius 3 is 2.64 bits per heavy atom. The monoisotopic (exact) mass is 200 g/mol. The lowest BCUT2D eigenvalue weighted by molar-refractivity contribution is -0.147. The van der Waals surface area contributed by atoms with Crippen molar-refractivity contribution >= 4 is 11.9 Å². The Morgan fingerprint density at radius 1 is 1.64 bits per heavy atom. The van der Waals surface area contributed by atoms with Gasteiger partial charge in [-0.25, -0.2) is 4.79 Å². The maximum atomic E-state index is 11.3. The van der Waals surface area contributed by atoms with Gasteiger partial charge in [-0.2, -0.15) is 0 Å². The number of aliphatic carboxylic acids is 1. The fraction of sp³-hybridized carbons (Fsp3) is 0.556. The van der Waals surface area contributed by atoms with Gasteiger partial charge in [-0.3, -0.25) is 4.79 Å². The van der Waals surface area contributed by atoms with Crippen molar-refractivity contribution in [1.82, 2.24) is 10.2 Å². The van der Waals surface area contributed by atoms with Gasteiger partial charge >= 0.3 is 5.97 Å². The highest BCUT2D eigenvalue weighted by atomic mass is 16.4. The van der Waals surface area contributed by atoms with E-state index in [4.69, 9.17) is 5.11 Å². The van der Waals surface area contributed by atoms with Crippen molar-refractivity contribution in [3.8, 4) is 0 Å². The second kappa shape index (κ2) is 6.15. The second-order valence-corrected chi connectivity index (χ2v) is 2.94. The quantitative estimate of drug-likeness (QED) is 0.456. The maximum absolute atomic E-state index is 11.3. The molecule has 2 N–H and O–H groups in total. The molecule has 1 atom stereocenters. The molecule has 0 saturated carbocycles. The summed E-state index contributed by atoms with van der Waals surface area (Å²) in [7, 11) is 1.47. The summed E-state index contributed by atoms with van der Waals surface area (Å²) in [5.41, 5.74) is 0. The van der Waals surface area contributed by atoms with Crippen molar-refractivity contribution in [2.24, 2.45) is 0 Å². The third kappa shape index (κ3) is 4.04. The van der Waals surface area contributed by atoms with Gasteiger partial charge in [0, 0.05) is 13.6 Å². The van der Waals surface area contributed by atoms with E-state index in [1.807, 2.05) is 0 Å². The van der Waals surface area contributed by atoms with Crippen LogP contribution < -0.4 is 5.32 Å². The molecule has 5 nitrogen and oxygen atoms in total. The van der Waals surface area contributed by atoms with E-state index in [2.05, 4.69) is 11.9 Å². The Labute approximate surface area is 83.4 Å². The lowest BCUT2D eigenvalue weighted by Crippen LogP contribution is -2.44. The number of amides is 1. The number of carboxylic acids is 1. The zero-order valence-electron chi connectivity index (χ0n) is 8.49. The molecule has 0 saturated heterocycles. The van der Waals surface area contributed by atoms with Crippen LogP contribution in [-0.2, 0) is 9.59 Å². The highest BCUT2D eigenvalue weighted by Crippen LogP contribution is 1.95. The molecule has 0 aliphatic rings. The molecule has 0 aliphatic heterocycles. The van der Waals surface area contributed by atoms with E-state index < -0.39 is 12.0 Å². The highest BCUT2D eigenvalue weighted by Gasteiger charge is 2.20. The van der Waals surface area contributed by atoms with Crippen LogP contribution in [0.5, 0.6) is 0 Å². The average Bonchev–Trinajstić information content (AvgIpc) is 2.15. The Hall–Kier alpha value is -1.36. The Morgan fingerprint density at radius 2 is 2.21 bits per heavy atom. The van der Waals surface area contributed by atoms with Crippen LogP contribution in [0.1, 0.15) is 6.92 Å². The number of nitrogens with one attached hydrogen (secondary N) is 1. The van der Waals surface area contributed by atoms with Gasteiger partial charge in [0.25, 0.3) is 0 Å². The second-order valence-electron chi connectivity index (χ2n) is 2.94. The van der Waals surface area contributed by atoms with Crippen LogP contribution in [0.3, 0.4) is 0 Å². The molecule has 0 aliphatic carbocycles. The summed E-state index contributed by atoms with van der Waals surface area (Å²) in [5, 5.41) is 11.4. The summed E-state index contributed by atoms with van der Waals surface area (Å²) in [6, 6.07) is -0.798. The molecule has 1 amide bonds. The maximum Gasteiger partial charge on any atom is 0.326 e. The van der Waals surface area contributed by atoms with E-state index in [1.165, 1.54) is 18.9 Å². The third-order valence-electron chi connectivity index (χ3n) is 1.90. The molecule has 0 bridgehead atoms. The summed E-state index contributed by atoms with van der Waals surface area (Å²) < 4.78 is 0. The van der Waals surface area contributed by atoms with Gasteiger partial charge in [0.2, 0.25) is 5.91 Å². The predicted octanol–water partition coefficient (Wildman–Crippen LogP) is -0.306. The lowest BCUT2D eigenvalue weighted by atomic mass is 10.3. The average molecular weight is 200 g/mol. The minimum Gasteiger partial charge on any atom is -0.480 e. The molecule has 1 unspecified atom stereocenters. The predicted molar refractivity (Wildman–Crippen MR) is 52.9 cm³/mol. The number of likely N-dealkylation sites (N-methyl/N-ethyl adjacent to an activating group) is 1. The van der Waals surface area contributed by atoms with E-state index >= 15 is 0 Å². The Kier molecular flexibility index (Phi) is 5.55. The summed E-state index contributed by atoms with van der Waals surface area (Å²) in [4.78, 5) is 23.1. The summed E-state index contributed by atoms with van der Waals surface area (Å²) >= 11 is 0. The van der Waals surface area contributed by atoms with Crippen molar-refractivity contribution in [3.63, 3.8) is 0 Å². The van der Waals surface area contributed by atoms with Gasteiger partial charge in [0.15, 0.2) is 0 Å². The molecule has 0 heterocycles. The first-order valence-corrected chi connectivity index (χ1v) is 4.30. The molecule has 0 aromatic carbocycles. The van der Waals surface area contributed by atoms with Crippen LogP contribution in [0.2, 0.25) is 0 Å². The van der Waals surface area contributed by atoms with Crippen LogP contribution in [0.15, 0.2) is 12.7 Å². The number of carbonyl (C=O) groups excluding carboxylic acids is 1. The minimum absolute atomic E-state index is 0.125. The standard InChI is InChI=1S/C9H16N2O3/c1-4-5-10-6-8(12)11(3)7(2)9(13)14/h4,7,10H,1,5-6H2,2-3H3,(H,13,14). The van der Waals surface area contributed by atoms with Crippen LogP contribution in [-0.4, -0.2) is 48.1 Å². The SMILES string of the molecule is C=CCNCC(=O)N(C)C(C)C(=O)O. The summed E-state index contributed by atoms with van der Waals surface area (Å²) in [5.74, 6) is -1.26. The Balaban J connectivity index is 3.98. The van der Waals surface area contributed by atoms with E-state index in [-0.39, 0.29) is 12.5 Å². The highest BCUT2D eigenvalue weighted by molar-refractivity contribution is 5.84. The number of carboxylic acid groups (broad SMARTS) is 1. The van der Waals surface area contributed by atoms with E-state index in [9.17, 15) is 9.59 Å². The fourth-order valence-corrected chi connectivity index (χ4v) is 0.788. The first-order chi connectivity index (χ1) is 6.50. The van der Waals surface area contributed by atoms with Crippen LogP contribution in [0, 0.1) is 0 Å². The minimum atomic E-state index is -1.01. The zero-order chi connectivity index (χ0) is 11.1. The van der Waals surface area contributed by atoms with Crippen molar-refractivity contribution in [2.75, 3.05) is 20.1 Å². The number of hydrogen-bond donors (Lipinski definition) is 2. The van der Waals surface area contributed by atoms with Gasteiger partial charge in [0.1, 0.15) is 6.04 Å². The topological polar surface area (TPSA) is 69.6 Å². The molecule has 0 aromatic rings. The molecular weight excluding hydrogens is 184 g/mol. The summed E-state index contributed by atoms with van der Waals surface area (Å²) in [6.07, 6.45) is 1.63. The first kappa shape index (κ1) is 12.6.